The Morgan fingerprint density at radius 2 is 2.04 bits per heavy atom. The normalized spacial score (nSPS) is 17.8. The Labute approximate surface area is 144 Å². The molecule has 122 valence electrons. The first kappa shape index (κ1) is 15.1. The highest BCUT2D eigenvalue weighted by Crippen LogP contribution is 2.32. The molecule has 1 saturated heterocycles. The first-order chi connectivity index (χ1) is 11.8. The molecule has 4 rings (SSSR count). The maximum Gasteiger partial charge on any atom is 0.255 e. The third-order valence-corrected chi connectivity index (χ3v) is 5.12. The van der Waals surface area contributed by atoms with E-state index in [0.717, 1.165) is 42.9 Å². The van der Waals surface area contributed by atoms with Crippen LogP contribution in [-0.2, 0) is 0 Å². The lowest BCUT2D eigenvalue weighted by atomic mass is 10.0. The smallest absolute Gasteiger partial charge is 0.255 e. The standard InChI is InChI=1S/C18H18N4OS/c23-18(14-9-11-24-12-14)21-10-5-4-8-16(21)17-20-19-13-22(17)15-6-2-1-3-7-15/h1-3,6-7,9,11-13,16H,4-5,8,10H2/t16-/m0/s1. The Hall–Kier alpha value is -2.47. The van der Waals surface area contributed by atoms with Crippen molar-refractivity contribution in [2.75, 3.05) is 6.54 Å². The zero-order valence-electron chi connectivity index (χ0n) is 13.2. The van der Waals surface area contributed by atoms with Crippen LogP contribution in [0.5, 0.6) is 0 Å². The molecule has 0 spiro atoms. The summed E-state index contributed by atoms with van der Waals surface area (Å²) in [5, 5.41) is 12.3. The largest absolute Gasteiger partial charge is 0.328 e. The number of amides is 1. The van der Waals surface area contributed by atoms with E-state index in [2.05, 4.69) is 10.2 Å². The summed E-state index contributed by atoms with van der Waals surface area (Å²) in [5.74, 6) is 0.924. The Morgan fingerprint density at radius 3 is 2.83 bits per heavy atom. The van der Waals surface area contributed by atoms with E-state index in [1.807, 2.05) is 56.6 Å². The van der Waals surface area contributed by atoms with Gasteiger partial charge in [0.1, 0.15) is 6.33 Å². The van der Waals surface area contributed by atoms with Crippen LogP contribution in [0, 0.1) is 0 Å². The summed E-state index contributed by atoms with van der Waals surface area (Å²) in [6.45, 7) is 0.765. The van der Waals surface area contributed by atoms with Gasteiger partial charge in [0.25, 0.3) is 5.91 Å². The van der Waals surface area contributed by atoms with Gasteiger partial charge < -0.3 is 4.90 Å². The van der Waals surface area contributed by atoms with Gasteiger partial charge in [-0.3, -0.25) is 9.36 Å². The van der Waals surface area contributed by atoms with Crippen molar-refractivity contribution >= 4 is 17.2 Å². The fourth-order valence-electron chi connectivity index (χ4n) is 3.25. The number of para-hydroxylation sites is 1. The lowest BCUT2D eigenvalue weighted by Gasteiger charge is -2.35. The van der Waals surface area contributed by atoms with Gasteiger partial charge in [-0.2, -0.15) is 11.3 Å². The van der Waals surface area contributed by atoms with Crippen molar-refractivity contribution < 1.29 is 4.79 Å². The molecule has 0 saturated carbocycles. The highest BCUT2D eigenvalue weighted by molar-refractivity contribution is 7.08. The van der Waals surface area contributed by atoms with E-state index in [4.69, 9.17) is 0 Å². The van der Waals surface area contributed by atoms with E-state index in [0.29, 0.717) is 0 Å². The third-order valence-electron chi connectivity index (χ3n) is 4.44. The fourth-order valence-corrected chi connectivity index (χ4v) is 3.88. The molecular weight excluding hydrogens is 320 g/mol. The molecule has 3 aromatic rings. The SMILES string of the molecule is O=C(c1ccsc1)N1CCCC[C@H]1c1nncn1-c1ccccc1. The van der Waals surface area contributed by atoms with Crippen molar-refractivity contribution in [2.45, 2.75) is 25.3 Å². The molecule has 1 aromatic carbocycles. The van der Waals surface area contributed by atoms with E-state index in [1.54, 1.807) is 17.7 Å². The quantitative estimate of drug-likeness (QED) is 0.732. The van der Waals surface area contributed by atoms with E-state index in [-0.39, 0.29) is 11.9 Å². The molecule has 5 nitrogen and oxygen atoms in total. The number of carbonyl (C=O) groups excluding carboxylic acids is 1. The summed E-state index contributed by atoms with van der Waals surface area (Å²) in [4.78, 5) is 14.8. The van der Waals surface area contributed by atoms with Gasteiger partial charge >= 0.3 is 0 Å². The van der Waals surface area contributed by atoms with Gasteiger partial charge in [0.15, 0.2) is 5.82 Å². The number of rotatable bonds is 3. The summed E-state index contributed by atoms with van der Waals surface area (Å²) in [6, 6.07) is 11.9. The van der Waals surface area contributed by atoms with Gasteiger partial charge in [-0.1, -0.05) is 18.2 Å². The molecule has 0 bridgehead atoms. The molecule has 1 fully saturated rings. The molecule has 1 aliphatic heterocycles. The molecule has 24 heavy (non-hydrogen) atoms. The van der Waals surface area contributed by atoms with E-state index in [9.17, 15) is 4.79 Å². The number of thiophene rings is 1. The number of carbonyl (C=O) groups is 1. The molecular formula is C18H18N4OS. The second kappa shape index (κ2) is 6.57. The van der Waals surface area contributed by atoms with Crippen LogP contribution in [0.25, 0.3) is 5.69 Å². The predicted octanol–water partition coefficient (Wildman–Crippen LogP) is 3.70. The minimum Gasteiger partial charge on any atom is -0.328 e. The van der Waals surface area contributed by atoms with Crippen LogP contribution in [0.4, 0.5) is 0 Å². The minimum absolute atomic E-state index is 0.0335. The lowest BCUT2D eigenvalue weighted by Crippen LogP contribution is -2.39. The molecule has 0 radical (unpaired) electrons. The van der Waals surface area contributed by atoms with E-state index >= 15 is 0 Å². The van der Waals surface area contributed by atoms with Crippen molar-refractivity contribution in [3.05, 3.63) is 64.9 Å². The first-order valence-electron chi connectivity index (χ1n) is 8.13. The van der Waals surface area contributed by atoms with Gasteiger partial charge in [-0.05, 0) is 42.8 Å². The molecule has 2 aromatic heterocycles. The summed E-state index contributed by atoms with van der Waals surface area (Å²) in [5.41, 5.74) is 1.78. The number of benzene rings is 1. The van der Waals surface area contributed by atoms with Gasteiger partial charge in [-0.15, -0.1) is 10.2 Å². The molecule has 6 heteroatoms. The predicted molar refractivity (Wildman–Crippen MR) is 93.3 cm³/mol. The van der Waals surface area contributed by atoms with Gasteiger partial charge in [0, 0.05) is 17.6 Å². The molecule has 0 N–H and O–H groups in total. The number of piperidine rings is 1. The van der Waals surface area contributed by atoms with Crippen molar-refractivity contribution in [1.82, 2.24) is 19.7 Å². The van der Waals surface area contributed by atoms with Crippen molar-refractivity contribution in [1.29, 1.82) is 0 Å². The van der Waals surface area contributed by atoms with Gasteiger partial charge in [0.2, 0.25) is 0 Å². The van der Waals surface area contributed by atoms with Crippen LogP contribution in [0.15, 0.2) is 53.5 Å². The van der Waals surface area contributed by atoms with Crippen molar-refractivity contribution in [2.24, 2.45) is 0 Å². The van der Waals surface area contributed by atoms with Crippen LogP contribution < -0.4 is 0 Å². The maximum atomic E-state index is 12.9. The van der Waals surface area contributed by atoms with Crippen molar-refractivity contribution in [3.8, 4) is 5.69 Å². The van der Waals surface area contributed by atoms with Crippen LogP contribution in [-0.4, -0.2) is 32.1 Å². The minimum atomic E-state index is -0.0335. The van der Waals surface area contributed by atoms with Crippen LogP contribution >= 0.6 is 11.3 Å². The molecule has 3 heterocycles. The average molecular weight is 338 g/mol. The topological polar surface area (TPSA) is 51.0 Å². The summed E-state index contributed by atoms with van der Waals surface area (Å²) < 4.78 is 1.99. The highest BCUT2D eigenvalue weighted by atomic mass is 32.1. The molecule has 0 aliphatic carbocycles. The number of nitrogens with zero attached hydrogens (tertiary/aromatic N) is 4. The zero-order chi connectivity index (χ0) is 16.4. The second-order valence-electron chi connectivity index (χ2n) is 5.92. The first-order valence-corrected chi connectivity index (χ1v) is 9.07. The summed E-state index contributed by atoms with van der Waals surface area (Å²) in [7, 11) is 0. The Balaban J connectivity index is 1.70. The molecule has 1 aliphatic rings. The highest BCUT2D eigenvalue weighted by Gasteiger charge is 2.32. The van der Waals surface area contributed by atoms with E-state index < -0.39 is 0 Å². The van der Waals surface area contributed by atoms with Crippen LogP contribution in [0.1, 0.15) is 41.5 Å². The summed E-state index contributed by atoms with van der Waals surface area (Å²) >= 11 is 1.55. The molecule has 1 amide bonds. The van der Waals surface area contributed by atoms with Gasteiger partial charge in [-0.25, -0.2) is 0 Å². The fraction of sp³-hybridized carbons (Fsp3) is 0.278. The third kappa shape index (κ3) is 2.73. The van der Waals surface area contributed by atoms with Crippen LogP contribution in [0.3, 0.4) is 0 Å². The number of hydrogen-bond donors (Lipinski definition) is 0. The van der Waals surface area contributed by atoms with Crippen molar-refractivity contribution in [3.63, 3.8) is 0 Å². The monoisotopic (exact) mass is 338 g/mol. The Kier molecular flexibility index (Phi) is 4.13. The van der Waals surface area contributed by atoms with E-state index in [1.165, 1.54) is 0 Å². The zero-order valence-corrected chi connectivity index (χ0v) is 14.0. The number of aromatic nitrogens is 3. The Morgan fingerprint density at radius 1 is 1.17 bits per heavy atom. The Bertz CT molecular complexity index is 813. The van der Waals surface area contributed by atoms with Crippen LogP contribution in [0.2, 0.25) is 0 Å². The maximum absolute atomic E-state index is 12.9. The second-order valence-corrected chi connectivity index (χ2v) is 6.70. The average Bonchev–Trinajstić information content (AvgIpc) is 3.33. The molecule has 1 atom stereocenters. The summed E-state index contributed by atoms with van der Waals surface area (Å²) in [6.07, 6.45) is 4.78. The molecule has 0 unspecified atom stereocenters. The number of likely N-dealkylation sites (tertiary alicyclic amines) is 1. The lowest BCUT2D eigenvalue weighted by molar-refractivity contribution is 0.0598. The van der Waals surface area contributed by atoms with Gasteiger partial charge in [0.05, 0.1) is 11.6 Å². The number of hydrogen-bond acceptors (Lipinski definition) is 4.